The first kappa shape index (κ1) is 15.0. The largest absolute Gasteiger partial charge is 0.318 e. The molecule has 0 bridgehead atoms. The molecule has 2 rings (SSSR count). The average molecular weight is 318 g/mol. The summed E-state index contributed by atoms with van der Waals surface area (Å²) in [6.45, 7) is 0. The highest BCUT2D eigenvalue weighted by Crippen LogP contribution is 2.32. The number of nitro groups is 1. The summed E-state index contributed by atoms with van der Waals surface area (Å²) in [5.41, 5.74) is 1.55. The van der Waals surface area contributed by atoms with Crippen LogP contribution in [0.1, 0.15) is 6.42 Å². The minimum atomic E-state index is -3.95. The van der Waals surface area contributed by atoms with Crippen molar-refractivity contribution in [3.05, 3.63) is 28.3 Å². The fourth-order valence-electron chi connectivity index (χ4n) is 1.95. The third-order valence-corrected chi connectivity index (χ3v) is 5.59. The molecular weight excluding hydrogens is 304 g/mol. The Bertz CT molecular complexity index is 614. The number of nitrogens with zero attached hydrogens (tertiary/aromatic N) is 1. The van der Waals surface area contributed by atoms with Crippen LogP contribution in [0, 0.1) is 10.1 Å². The molecule has 0 aliphatic carbocycles. The minimum Gasteiger partial charge on any atom is -0.318 e. The van der Waals surface area contributed by atoms with Gasteiger partial charge in [-0.2, -0.15) is 11.8 Å². The Kier molecular flexibility index (Phi) is 4.48. The lowest BCUT2D eigenvalue weighted by atomic mass is 10.3. The van der Waals surface area contributed by atoms with E-state index in [4.69, 9.17) is 5.84 Å². The van der Waals surface area contributed by atoms with Gasteiger partial charge in [0.05, 0.1) is 4.92 Å². The first-order valence-electron chi connectivity index (χ1n) is 5.80. The molecule has 1 aliphatic rings. The van der Waals surface area contributed by atoms with Gasteiger partial charge in [0.2, 0.25) is 10.0 Å². The van der Waals surface area contributed by atoms with Crippen LogP contribution in [0.15, 0.2) is 23.1 Å². The number of para-hydroxylation sites is 1. The van der Waals surface area contributed by atoms with Gasteiger partial charge in [-0.15, -0.1) is 0 Å². The van der Waals surface area contributed by atoms with Crippen molar-refractivity contribution >= 4 is 33.2 Å². The zero-order valence-corrected chi connectivity index (χ0v) is 12.0. The number of nitrogens with one attached hydrogen (secondary N) is 2. The lowest BCUT2D eigenvalue weighted by Crippen LogP contribution is -2.35. The van der Waals surface area contributed by atoms with E-state index in [1.807, 2.05) is 0 Å². The molecule has 0 saturated carbocycles. The SMILES string of the molecule is NNc1cccc(S(=O)(=O)NC2CCSC2)c1[N+](=O)[O-]. The van der Waals surface area contributed by atoms with E-state index in [1.165, 1.54) is 18.2 Å². The molecular formula is C10H14N4O4S2. The van der Waals surface area contributed by atoms with Crippen LogP contribution in [0.4, 0.5) is 11.4 Å². The van der Waals surface area contributed by atoms with E-state index in [0.29, 0.717) is 12.2 Å². The van der Waals surface area contributed by atoms with E-state index < -0.39 is 20.6 Å². The summed E-state index contributed by atoms with van der Waals surface area (Å²) in [5.74, 6) is 6.73. The van der Waals surface area contributed by atoms with Crippen LogP contribution in [0.3, 0.4) is 0 Å². The summed E-state index contributed by atoms with van der Waals surface area (Å²) in [7, 11) is -3.95. The molecule has 0 aromatic heterocycles. The fraction of sp³-hybridized carbons (Fsp3) is 0.400. The Hall–Kier alpha value is -1.36. The van der Waals surface area contributed by atoms with Crippen LogP contribution < -0.4 is 16.0 Å². The van der Waals surface area contributed by atoms with E-state index >= 15 is 0 Å². The van der Waals surface area contributed by atoms with E-state index in [0.717, 1.165) is 5.75 Å². The van der Waals surface area contributed by atoms with Crippen molar-refractivity contribution in [2.24, 2.45) is 5.84 Å². The van der Waals surface area contributed by atoms with Gasteiger partial charge < -0.3 is 5.43 Å². The van der Waals surface area contributed by atoms with Crippen molar-refractivity contribution in [3.63, 3.8) is 0 Å². The highest BCUT2D eigenvalue weighted by Gasteiger charge is 2.31. The summed E-state index contributed by atoms with van der Waals surface area (Å²) >= 11 is 1.64. The van der Waals surface area contributed by atoms with Gasteiger partial charge in [0.25, 0.3) is 0 Å². The van der Waals surface area contributed by atoms with Crippen LogP contribution >= 0.6 is 11.8 Å². The second kappa shape index (κ2) is 5.95. The molecule has 1 unspecified atom stereocenters. The molecule has 10 heteroatoms. The predicted octanol–water partition coefficient (Wildman–Crippen LogP) is 0.664. The Balaban J connectivity index is 2.42. The Morgan fingerprint density at radius 3 is 2.75 bits per heavy atom. The quantitative estimate of drug-likeness (QED) is 0.413. The number of benzene rings is 1. The Morgan fingerprint density at radius 1 is 1.45 bits per heavy atom. The number of nitro benzene ring substituents is 1. The molecule has 4 N–H and O–H groups in total. The van der Waals surface area contributed by atoms with E-state index in [-0.39, 0.29) is 16.6 Å². The van der Waals surface area contributed by atoms with E-state index in [9.17, 15) is 18.5 Å². The number of anilines is 1. The monoisotopic (exact) mass is 318 g/mol. The van der Waals surface area contributed by atoms with E-state index in [1.54, 1.807) is 11.8 Å². The molecule has 0 radical (unpaired) electrons. The Morgan fingerprint density at radius 2 is 2.20 bits per heavy atom. The maximum absolute atomic E-state index is 12.3. The molecule has 1 saturated heterocycles. The molecule has 1 aliphatic heterocycles. The summed E-state index contributed by atoms with van der Waals surface area (Å²) in [6.07, 6.45) is 0.715. The van der Waals surface area contributed by atoms with Gasteiger partial charge in [0.15, 0.2) is 4.90 Å². The van der Waals surface area contributed by atoms with Crippen molar-refractivity contribution in [3.8, 4) is 0 Å². The molecule has 110 valence electrons. The van der Waals surface area contributed by atoms with Crippen molar-refractivity contribution in [1.82, 2.24) is 4.72 Å². The number of nitrogens with two attached hydrogens (primary N) is 1. The predicted molar refractivity (Wildman–Crippen MR) is 77.0 cm³/mol. The number of hydrogen-bond donors (Lipinski definition) is 3. The molecule has 1 aromatic rings. The number of thioether (sulfide) groups is 1. The molecule has 1 heterocycles. The van der Waals surface area contributed by atoms with Crippen LogP contribution in [0.2, 0.25) is 0 Å². The molecule has 20 heavy (non-hydrogen) atoms. The summed E-state index contributed by atoms with van der Waals surface area (Å²) in [5, 5.41) is 11.1. The van der Waals surface area contributed by atoms with Gasteiger partial charge in [0.1, 0.15) is 5.69 Å². The summed E-state index contributed by atoms with van der Waals surface area (Å²) < 4.78 is 27.1. The standard InChI is InChI=1S/C10H14N4O4S2/c11-12-8-2-1-3-9(10(8)14(15)16)20(17,18)13-7-4-5-19-6-7/h1-3,7,12-13H,4-6,11H2. The van der Waals surface area contributed by atoms with Crippen molar-refractivity contribution in [2.75, 3.05) is 16.9 Å². The number of rotatable bonds is 5. The zero-order chi connectivity index (χ0) is 14.8. The molecule has 1 atom stereocenters. The van der Waals surface area contributed by atoms with Crippen molar-refractivity contribution in [1.29, 1.82) is 0 Å². The second-order valence-corrected chi connectivity index (χ2v) is 7.07. The lowest BCUT2D eigenvalue weighted by Gasteiger charge is -2.13. The number of hydrogen-bond acceptors (Lipinski definition) is 7. The zero-order valence-electron chi connectivity index (χ0n) is 10.4. The first-order valence-corrected chi connectivity index (χ1v) is 8.43. The summed E-state index contributed by atoms with van der Waals surface area (Å²) in [4.78, 5) is 9.96. The van der Waals surface area contributed by atoms with Crippen molar-refractivity contribution in [2.45, 2.75) is 17.4 Å². The minimum absolute atomic E-state index is 0.0429. The first-order chi connectivity index (χ1) is 9.45. The highest BCUT2D eigenvalue weighted by atomic mass is 32.2. The smallest absolute Gasteiger partial charge is 0.313 e. The fourth-order valence-corrected chi connectivity index (χ4v) is 4.68. The van der Waals surface area contributed by atoms with Crippen LogP contribution in [-0.2, 0) is 10.0 Å². The third kappa shape index (κ3) is 3.03. The van der Waals surface area contributed by atoms with Crippen molar-refractivity contribution < 1.29 is 13.3 Å². The molecule has 1 fully saturated rings. The van der Waals surface area contributed by atoms with Gasteiger partial charge in [0, 0.05) is 11.8 Å². The molecule has 1 aromatic carbocycles. The highest BCUT2D eigenvalue weighted by molar-refractivity contribution is 7.99. The normalized spacial score (nSPS) is 18.9. The summed E-state index contributed by atoms with van der Waals surface area (Å²) in [6, 6.07) is 3.76. The maximum Gasteiger partial charge on any atom is 0.313 e. The van der Waals surface area contributed by atoms with Crippen LogP contribution in [-0.4, -0.2) is 30.9 Å². The third-order valence-electron chi connectivity index (χ3n) is 2.88. The van der Waals surface area contributed by atoms with Crippen LogP contribution in [0.5, 0.6) is 0 Å². The van der Waals surface area contributed by atoms with Gasteiger partial charge in [-0.25, -0.2) is 13.1 Å². The molecule has 8 nitrogen and oxygen atoms in total. The number of hydrazine groups is 1. The van der Waals surface area contributed by atoms with Gasteiger partial charge in [-0.05, 0) is 24.3 Å². The van der Waals surface area contributed by atoms with Gasteiger partial charge >= 0.3 is 5.69 Å². The van der Waals surface area contributed by atoms with Crippen LogP contribution in [0.25, 0.3) is 0 Å². The number of nitrogen functional groups attached to an aromatic ring is 1. The lowest BCUT2D eigenvalue weighted by molar-refractivity contribution is -0.386. The topological polar surface area (TPSA) is 127 Å². The number of sulfonamides is 1. The average Bonchev–Trinajstić information content (AvgIpc) is 2.89. The Labute approximate surface area is 120 Å². The van der Waals surface area contributed by atoms with Gasteiger partial charge in [-0.3, -0.25) is 16.0 Å². The molecule has 0 amide bonds. The second-order valence-electron chi connectivity index (χ2n) is 4.24. The molecule has 0 spiro atoms. The maximum atomic E-state index is 12.3. The van der Waals surface area contributed by atoms with E-state index in [2.05, 4.69) is 10.1 Å². The van der Waals surface area contributed by atoms with Gasteiger partial charge in [-0.1, -0.05) is 6.07 Å².